The van der Waals surface area contributed by atoms with Crippen LogP contribution in [0.1, 0.15) is 32.2 Å². The van der Waals surface area contributed by atoms with Crippen LogP contribution in [0.25, 0.3) is 0 Å². The molecule has 1 N–H and O–H groups in total. The monoisotopic (exact) mass is 245 g/mol. The second-order valence-electron chi connectivity index (χ2n) is 5.32. The van der Waals surface area contributed by atoms with Crippen LogP contribution in [0.15, 0.2) is 31.1 Å². The summed E-state index contributed by atoms with van der Waals surface area (Å²) in [5.41, 5.74) is 2.24. The molecule has 0 aliphatic rings. The molecule has 0 bridgehead atoms. The van der Waals surface area contributed by atoms with Gasteiger partial charge < -0.3 is 9.88 Å². The molecule has 0 unspecified atom stereocenters. The van der Waals surface area contributed by atoms with Gasteiger partial charge in [0.2, 0.25) is 0 Å². The summed E-state index contributed by atoms with van der Waals surface area (Å²) in [5, 5.41) is 3.46. The molecule has 0 radical (unpaired) electrons. The maximum atomic E-state index is 4.22. The van der Waals surface area contributed by atoms with E-state index < -0.39 is 0 Å². The molecule has 0 saturated heterocycles. The van der Waals surface area contributed by atoms with Gasteiger partial charge in [0.1, 0.15) is 6.33 Å². The van der Waals surface area contributed by atoms with E-state index in [1.165, 1.54) is 0 Å². The van der Waals surface area contributed by atoms with Crippen LogP contribution < -0.4 is 5.32 Å². The quantitative estimate of drug-likeness (QED) is 0.889. The van der Waals surface area contributed by atoms with E-state index in [9.17, 15) is 0 Å². The Morgan fingerprint density at radius 2 is 2.11 bits per heavy atom. The van der Waals surface area contributed by atoms with Crippen LogP contribution in [0.2, 0.25) is 0 Å². The first-order valence-electron chi connectivity index (χ1n) is 6.03. The lowest BCUT2D eigenvalue weighted by Gasteiger charge is -2.20. The molecular weight excluding hydrogens is 226 g/mol. The van der Waals surface area contributed by atoms with Crippen molar-refractivity contribution in [1.29, 1.82) is 0 Å². The third kappa shape index (κ3) is 3.63. The molecule has 5 nitrogen and oxygen atoms in total. The Kier molecular flexibility index (Phi) is 3.72. The molecule has 2 aromatic heterocycles. The van der Waals surface area contributed by atoms with Crippen molar-refractivity contribution >= 4 is 0 Å². The highest BCUT2D eigenvalue weighted by Crippen LogP contribution is 2.06. The van der Waals surface area contributed by atoms with Gasteiger partial charge in [0.15, 0.2) is 0 Å². The van der Waals surface area contributed by atoms with Gasteiger partial charge in [-0.25, -0.2) is 15.0 Å². The molecule has 0 aliphatic heterocycles. The molecule has 0 aromatic carbocycles. The van der Waals surface area contributed by atoms with E-state index in [1.807, 2.05) is 18.6 Å². The first kappa shape index (κ1) is 12.7. The highest BCUT2D eigenvalue weighted by Gasteiger charge is 2.10. The molecule has 0 aliphatic carbocycles. The molecule has 18 heavy (non-hydrogen) atoms. The summed E-state index contributed by atoms with van der Waals surface area (Å²) in [7, 11) is 0. The highest BCUT2D eigenvalue weighted by molar-refractivity contribution is 5.05. The minimum atomic E-state index is 0.101. The summed E-state index contributed by atoms with van der Waals surface area (Å²) in [5.74, 6) is 0. The standard InChI is InChI=1S/C13H19N5/c1-13(2,3)17-7-12-6-15-10-18(12)8-11-4-5-14-9-16-11/h4-6,9-10,17H,7-8H2,1-3H3. The number of hydrogen-bond acceptors (Lipinski definition) is 4. The first-order chi connectivity index (χ1) is 8.54. The zero-order valence-electron chi connectivity index (χ0n) is 11.1. The summed E-state index contributed by atoms with van der Waals surface area (Å²) in [6.07, 6.45) is 7.05. The maximum absolute atomic E-state index is 4.22. The Morgan fingerprint density at radius 3 is 2.78 bits per heavy atom. The van der Waals surface area contributed by atoms with Gasteiger partial charge in [-0.3, -0.25) is 0 Å². The second kappa shape index (κ2) is 5.27. The Morgan fingerprint density at radius 1 is 1.28 bits per heavy atom. The van der Waals surface area contributed by atoms with Crippen molar-refractivity contribution in [2.24, 2.45) is 0 Å². The van der Waals surface area contributed by atoms with Gasteiger partial charge in [0.25, 0.3) is 0 Å². The predicted octanol–water partition coefficient (Wildman–Crippen LogP) is 1.61. The minimum absolute atomic E-state index is 0.101. The molecule has 0 spiro atoms. The van der Waals surface area contributed by atoms with Crippen molar-refractivity contribution in [3.05, 3.63) is 42.5 Å². The van der Waals surface area contributed by atoms with Gasteiger partial charge in [-0.2, -0.15) is 0 Å². The maximum Gasteiger partial charge on any atom is 0.115 e. The summed E-state index contributed by atoms with van der Waals surface area (Å²) in [4.78, 5) is 12.3. The van der Waals surface area contributed by atoms with Crippen LogP contribution >= 0.6 is 0 Å². The van der Waals surface area contributed by atoms with E-state index in [0.717, 1.165) is 24.5 Å². The van der Waals surface area contributed by atoms with Gasteiger partial charge in [-0.15, -0.1) is 0 Å². The molecule has 0 fully saturated rings. The number of hydrogen-bond donors (Lipinski definition) is 1. The van der Waals surface area contributed by atoms with Crippen molar-refractivity contribution in [2.75, 3.05) is 0 Å². The zero-order chi connectivity index (χ0) is 13.0. The van der Waals surface area contributed by atoms with Gasteiger partial charge in [0, 0.05) is 24.5 Å². The van der Waals surface area contributed by atoms with Crippen LogP contribution in [0.5, 0.6) is 0 Å². The molecule has 2 heterocycles. The normalized spacial score (nSPS) is 11.7. The van der Waals surface area contributed by atoms with E-state index >= 15 is 0 Å². The fraction of sp³-hybridized carbons (Fsp3) is 0.462. The number of imidazole rings is 1. The van der Waals surface area contributed by atoms with Gasteiger partial charge >= 0.3 is 0 Å². The number of nitrogens with one attached hydrogen (secondary N) is 1. The van der Waals surface area contributed by atoms with Gasteiger partial charge in [-0.05, 0) is 26.8 Å². The van der Waals surface area contributed by atoms with Crippen LogP contribution in [0.3, 0.4) is 0 Å². The lowest BCUT2D eigenvalue weighted by Crippen LogP contribution is -2.35. The molecule has 0 atom stereocenters. The van der Waals surface area contributed by atoms with Crippen molar-refractivity contribution < 1.29 is 0 Å². The molecular formula is C13H19N5. The molecule has 0 saturated carbocycles. The fourth-order valence-electron chi connectivity index (χ4n) is 1.58. The lowest BCUT2D eigenvalue weighted by atomic mass is 10.1. The van der Waals surface area contributed by atoms with Crippen molar-refractivity contribution in [1.82, 2.24) is 24.8 Å². The average Bonchev–Trinajstić information content (AvgIpc) is 2.74. The van der Waals surface area contributed by atoms with E-state index in [-0.39, 0.29) is 5.54 Å². The van der Waals surface area contributed by atoms with Crippen LogP contribution in [0.4, 0.5) is 0 Å². The fourth-order valence-corrected chi connectivity index (χ4v) is 1.58. The van der Waals surface area contributed by atoms with Gasteiger partial charge in [0.05, 0.1) is 24.3 Å². The van der Waals surface area contributed by atoms with Crippen molar-refractivity contribution in [3.8, 4) is 0 Å². The second-order valence-corrected chi connectivity index (χ2v) is 5.32. The summed E-state index contributed by atoms with van der Waals surface area (Å²) < 4.78 is 2.10. The summed E-state index contributed by atoms with van der Waals surface area (Å²) >= 11 is 0. The van der Waals surface area contributed by atoms with Crippen LogP contribution in [-0.2, 0) is 13.1 Å². The smallest absolute Gasteiger partial charge is 0.115 e. The van der Waals surface area contributed by atoms with Crippen LogP contribution in [0, 0.1) is 0 Å². The highest BCUT2D eigenvalue weighted by atomic mass is 15.1. The SMILES string of the molecule is CC(C)(C)NCc1cncn1Cc1ccncn1. The summed E-state index contributed by atoms with van der Waals surface area (Å²) in [6, 6.07) is 1.92. The Hall–Kier alpha value is -1.75. The average molecular weight is 245 g/mol. The van der Waals surface area contributed by atoms with E-state index in [1.54, 1.807) is 12.5 Å². The molecule has 0 amide bonds. The third-order valence-electron chi connectivity index (χ3n) is 2.57. The van der Waals surface area contributed by atoms with E-state index in [0.29, 0.717) is 0 Å². The predicted molar refractivity (Wildman–Crippen MR) is 70.0 cm³/mol. The molecule has 96 valence electrons. The Balaban J connectivity index is 2.04. The summed E-state index contributed by atoms with van der Waals surface area (Å²) in [6.45, 7) is 7.98. The van der Waals surface area contributed by atoms with E-state index in [2.05, 4.69) is 45.6 Å². The van der Waals surface area contributed by atoms with E-state index in [4.69, 9.17) is 0 Å². The first-order valence-corrected chi connectivity index (χ1v) is 6.03. The number of aromatic nitrogens is 4. The molecule has 2 rings (SSSR count). The van der Waals surface area contributed by atoms with Crippen LogP contribution in [-0.4, -0.2) is 25.1 Å². The molecule has 2 aromatic rings. The van der Waals surface area contributed by atoms with Crippen molar-refractivity contribution in [3.63, 3.8) is 0 Å². The number of rotatable bonds is 4. The third-order valence-corrected chi connectivity index (χ3v) is 2.57. The van der Waals surface area contributed by atoms with Crippen molar-refractivity contribution in [2.45, 2.75) is 39.4 Å². The minimum Gasteiger partial charge on any atom is -0.327 e. The zero-order valence-corrected chi connectivity index (χ0v) is 11.1. The Bertz CT molecular complexity index is 484. The Labute approximate surface area is 107 Å². The number of nitrogens with zero attached hydrogens (tertiary/aromatic N) is 4. The molecule has 5 heteroatoms. The largest absolute Gasteiger partial charge is 0.327 e. The topological polar surface area (TPSA) is 55.6 Å². The van der Waals surface area contributed by atoms with Gasteiger partial charge in [-0.1, -0.05) is 0 Å². The lowest BCUT2D eigenvalue weighted by molar-refractivity contribution is 0.416.